The zero-order valence-corrected chi connectivity index (χ0v) is 13.0. The predicted molar refractivity (Wildman–Crippen MR) is 82.3 cm³/mol. The lowest BCUT2D eigenvalue weighted by atomic mass is 10.1. The molecule has 7 heteroatoms. The lowest BCUT2D eigenvalue weighted by molar-refractivity contribution is 0.0948. The van der Waals surface area contributed by atoms with E-state index in [-0.39, 0.29) is 6.04 Å². The summed E-state index contributed by atoms with van der Waals surface area (Å²) in [6.45, 7) is 1.00. The van der Waals surface area contributed by atoms with Gasteiger partial charge in [-0.1, -0.05) is 6.07 Å². The van der Waals surface area contributed by atoms with Crippen LogP contribution in [0.2, 0.25) is 0 Å². The minimum atomic E-state index is 0.000151. The van der Waals surface area contributed by atoms with Crippen LogP contribution in [-0.2, 0) is 11.3 Å². The van der Waals surface area contributed by atoms with E-state index in [1.807, 2.05) is 25.2 Å². The topological polar surface area (TPSA) is 77.4 Å². The van der Waals surface area contributed by atoms with Crippen molar-refractivity contribution in [2.45, 2.75) is 12.6 Å². The van der Waals surface area contributed by atoms with Crippen LogP contribution in [0.4, 0.5) is 0 Å². The Morgan fingerprint density at radius 3 is 2.83 bits per heavy atom. The van der Waals surface area contributed by atoms with Gasteiger partial charge in [0.05, 0.1) is 31.2 Å². The highest BCUT2D eigenvalue weighted by Gasteiger charge is 2.21. The molecule has 0 bridgehead atoms. The molecule has 23 heavy (non-hydrogen) atoms. The van der Waals surface area contributed by atoms with Crippen molar-refractivity contribution < 1.29 is 13.6 Å². The fourth-order valence-corrected chi connectivity index (χ4v) is 2.31. The van der Waals surface area contributed by atoms with Gasteiger partial charge in [0, 0.05) is 13.3 Å². The molecule has 0 saturated heterocycles. The molecule has 3 aromatic rings. The van der Waals surface area contributed by atoms with Crippen LogP contribution >= 0.6 is 0 Å². The average Bonchev–Trinajstić information content (AvgIpc) is 3.24. The first kappa shape index (κ1) is 15.4. The van der Waals surface area contributed by atoms with Crippen LogP contribution < -0.4 is 0 Å². The fraction of sp³-hybridized carbons (Fsp3) is 0.312. The van der Waals surface area contributed by atoms with Gasteiger partial charge in [-0.15, -0.1) is 10.2 Å². The van der Waals surface area contributed by atoms with Gasteiger partial charge in [0.15, 0.2) is 5.76 Å². The normalized spacial score (nSPS) is 12.7. The molecule has 7 nitrogen and oxygen atoms in total. The predicted octanol–water partition coefficient (Wildman–Crippen LogP) is 2.54. The van der Waals surface area contributed by atoms with Crippen LogP contribution in [0.25, 0.3) is 11.7 Å². The fourth-order valence-electron chi connectivity index (χ4n) is 2.31. The van der Waals surface area contributed by atoms with Crippen molar-refractivity contribution in [3.63, 3.8) is 0 Å². The molecule has 0 saturated carbocycles. The van der Waals surface area contributed by atoms with Crippen LogP contribution in [0.5, 0.6) is 0 Å². The summed E-state index contributed by atoms with van der Waals surface area (Å²) in [5.74, 6) is 1.44. The first-order valence-electron chi connectivity index (χ1n) is 7.24. The molecule has 120 valence electrons. The van der Waals surface area contributed by atoms with E-state index >= 15 is 0 Å². The van der Waals surface area contributed by atoms with Gasteiger partial charge in [0.1, 0.15) is 0 Å². The van der Waals surface area contributed by atoms with Crippen LogP contribution in [0.1, 0.15) is 17.6 Å². The van der Waals surface area contributed by atoms with Crippen molar-refractivity contribution >= 4 is 0 Å². The lowest BCUT2D eigenvalue weighted by Gasteiger charge is -2.25. The summed E-state index contributed by atoms with van der Waals surface area (Å²) in [5.41, 5.74) is 0.933. The summed E-state index contributed by atoms with van der Waals surface area (Å²) in [6.07, 6.45) is 3.34. The Hall–Kier alpha value is -2.51. The average molecular weight is 314 g/mol. The third-order valence-electron chi connectivity index (χ3n) is 3.47. The summed E-state index contributed by atoms with van der Waals surface area (Å²) in [6, 6.07) is 9.38. The molecule has 0 aromatic carbocycles. The smallest absolute Gasteiger partial charge is 0.283 e. The first-order chi connectivity index (χ1) is 11.3. The zero-order chi connectivity index (χ0) is 16.1. The van der Waals surface area contributed by atoms with E-state index in [0.717, 1.165) is 5.69 Å². The number of aromatic nitrogens is 3. The molecule has 3 aromatic heterocycles. The molecule has 3 rings (SSSR count). The number of likely N-dealkylation sites (N-methyl/N-ethyl adjacent to an activating group) is 1. The van der Waals surface area contributed by atoms with Crippen LogP contribution in [-0.4, -0.2) is 40.8 Å². The summed E-state index contributed by atoms with van der Waals surface area (Å²) in [7, 11) is 3.64. The number of methoxy groups -OCH3 is 1. The molecular formula is C16H18N4O3. The van der Waals surface area contributed by atoms with E-state index in [4.69, 9.17) is 13.6 Å². The van der Waals surface area contributed by atoms with Gasteiger partial charge < -0.3 is 13.6 Å². The van der Waals surface area contributed by atoms with E-state index < -0.39 is 0 Å². The molecule has 0 spiro atoms. The van der Waals surface area contributed by atoms with Crippen molar-refractivity contribution in [3.8, 4) is 11.7 Å². The molecule has 0 aliphatic rings. The molecular weight excluding hydrogens is 296 g/mol. The minimum absolute atomic E-state index is 0.000151. The van der Waals surface area contributed by atoms with Crippen molar-refractivity contribution in [1.82, 2.24) is 20.1 Å². The number of pyridine rings is 1. The number of rotatable bonds is 7. The molecule has 0 aliphatic heterocycles. The third-order valence-corrected chi connectivity index (χ3v) is 3.47. The van der Waals surface area contributed by atoms with Crippen molar-refractivity contribution in [2.24, 2.45) is 0 Å². The van der Waals surface area contributed by atoms with Crippen molar-refractivity contribution in [1.29, 1.82) is 0 Å². The summed E-state index contributed by atoms with van der Waals surface area (Å²) >= 11 is 0. The van der Waals surface area contributed by atoms with E-state index in [1.165, 1.54) is 0 Å². The molecule has 1 unspecified atom stereocenters. The first-order valence-corrected chi connectivity index (χ1v) is 7.24. The number of furan rings is 1. The Morgan fingerprint density at radius 2 is 2.13 bits per heavy atom. The van der Waals surface area contributed by atoms with E-state index in [0.29, 0.717) is 30.7 Å². The lowest BCUT2D eigenvalue weighted by Crippen LogP contribution is -2.28. The Balaban J connectivity index is 1.73. The van der Waals surface area contributed by atoms with Crippen molar-refractivity contribution in [2.75, 3.05) is 20.8 Å². The number of hydrogen-bond acceptors (Lipinski definition) is 7. The second-order valence-corrected chi connectivity index (χ2v) is 5.12. The Bertz CT molecular complexity index is 712. The molecule has 0 radical (unpaired) electrons. The third kappa shape index (κ3) is 3.64. The van der Waals surface area contributed by atoms with E-state index in [2.05, 4.69) is 20.1 Å². The standard InChI is InChI=1S/C16H18N4O3/c1-20(13(11-21-2)12-6-3-4-8-17-12)10-15-18-19-16(23-15)14-7-5-9-22-14/h3-9,13H,10-11H2,1-2H3. The van der Waals surface area contributed by atoms with Crippen LogP contribution in [0.15, 0.2) is 51.6 Å². The molecule has 0 aliphatic carbocycles. The number of nitrogens with zero attached hydrogens (tertiary/aromatic N) is 4. The van der Waals surface area contributed by atoms with Crippen LogP contribution in [0.3, 0.4) is 0 Å². The molecule has 0 N–H and O–H groups in total. The summed E-state index contributed by atoms with van der Waals surface area (Å²) in [5, 5.41) is 8.07. The molecule has 0 amide bonds. The van der Waals surface area contributed by atoms with Gasteiger partial charge in [0.25, 0.3) is 5.89 Å². The summed E-state index contributed by atoms with van der Waals surface area (Å²) in [4.78, 5) is 6.46. The molecule has 3 heterocycles. The Labute approximate surface area is 133 Å². The molecule has 1 atom stereocenters. The number of hydrogen-bond donors (Lipinski definition) is 0. The highest BCUT2D eigenvalue weighted by atomic mass is 16.5. The quantitative estimate of drug-likeness (QED) is 0.663. The monoisotopic (exact) mass is 314 g/mol. The largest absolute Gasteiger partial charge is 0.459 e. The maximum atomic E-state index is 5.64. The number of ether oxygens (including phenoxy) is 1. The maximum Gasteiger partial charge on any atom is 0.283 e. The SMILES string of the molecule is COCC(c1ccccn1)N(C)Cc1nnc(-c2ccco2)o1. The van der Waals surface area contributed by atoms with Gasteiger partial charge in [-0.3, -0.25) is 9.88 Å². The van der Waals surface area contributed by atoms with Gasteiger partial charge in [-0.05, 0) is 31.3 Å². The molecule has 0 fully saturated rings. The van der Waals surface area contributed by atoms with E-state index in [9.17, 15) is 0 Å². The maximum absolute atomic E-state index is 5.64. The zero-order valence-electron chi connectivity index (χ0n) is 13.0. The van der Waals surface area contributed by atoms with Gasteiger partial charge in [-0.2, -0.15) is 0 Å². The van der Waals surface area contributed by atoms with E-state index in [1.54, 1.807) is 31.7 Å². The highest BCUT2D eigenvalue weighted by Crippen LogP contribution is 2.22. The Kier molecular flexibility index (Phi) is 4.80. The second-order valence-electron chi connectivity index (χ2n) is 5.12. The van der Waals surface area contributed by atoms with Gasteiger partial charge >= 0.3 is 0 Å². The van der Waals surface area contributed by atoms with Crippen LogP contribution in [0, 0.1) is 0 Å². The highest BCUT2D eigenvalue weighted by molar-refractivity contribution is 5.42. The van der Waals surface area contributed by atoms with Gasteiger partial charge in [-0.25, -0.2) is 0 Å². The minimum Gasteiger partial charge on any atom is -0.459 e. The second kappa shape index (κ2) is 7.17. The summed E-state index contributed by atoms with van der Waals surface area (Å²) < 4.78 is 16.2. The Morgan fingerprint density at radius 1 is 1.22 bits per heavy atom. The van der Waals surface area contributed by atoms with Gasteiger partial charge in [0.2, 0.25) is 5.89 Å². The van der Waals surface area contributed by atoms with Crippen molar-refractivity contribution in [3.05, 3.63) is 54.4 Å².